The first kappa shape index (κ1) is 18.5. The van der Waals surface area contributed by atoms with Gasteiger partial charge < -0.3 is 0 Å². The fourth-order valence-electron chi connectivity index (χ4n) is 2.60. The zero-order valence-electron chi connectivity index (χ0n) is 14.7. The SMILES string of the molecule is CCCCc1ccc2nc(NC(=O)c3cccc(S(C)(=O)=O)c3)sc2c1. The highest BCUT2D eigenvalue weighted by molar-refractivity contribution is 7.90. The maximum absolute atomic E-state index is 12.4. The number of rotatable bonds is 6. The van der Waals surface area contributed by atoms with Crippen LogP contribution in [0.25, 0.3) is 10.2 Å². The Morgan fingerprint density at radius 1 is 1.19 bits per heavy atom. The van der Waals surface area contributed by atoms with Gasteiger partial charge in [-0.25, -0.2) is 13.4 Å². The molecule has 7 heteroatoms. The summed E-state index contributed by atoms with van der Waals surface area (Å²) in [7, 11) is -3.36. The number of nitrogens with one attached hydrogen (secondary N) is 1. The minimum atomic E-state index is -3.36. The van der Waals surface area contributed by atoms with Gasteiger partial charge in [-0.3, -0.25) is 10.1 Å². The van der Waals surface area contributed by atoms with Gasteiger partial charge in [-0.1, -0.05) is 36.8 Å². The van der Waals surface area contributed by atoms with Gasteiger partial charge in [0.2, 0.25) is 0 Å². The van der Waals surface area contributed by atoms with E-state index in [-0.39, 0.29) is 16.4 Å². The second-order valence-electron chi connectivity index (χ2n) is 6.18. The molecule has 0 saturated heterocycles. The first-order chi connectivity index (χ1) is 12.4. The van der Waals surface area contributed by atoms with Gasteiger partial charge in [0.25, 0.3) is 5.91 Å². The minimum Gasteiger partial charge on any atom is -0.298 e. The number of hydrogen-bond donors (Lipinski definition) is 1. The third-order valence-electron chi connectivity index (χ3n) is 4.02. The number of aromatic nitrogens is 1. The number of amides is 1. The molecular weight excluding hydrogens is 368 g/mol. The van der Waals surface area contributed by atoms with E-state index in [0.29, 0.717) is 5.13 Å². The van der Waals surface area contributed by atoms with E-state index in [1.165, 1.54) is 29.0 Å². The molecule has 1 amide bonds. The summed E-state index contributed by atoms with van der Waals surface area (Å²) in [5.41, 5.74) is 2.40. The number of benzene rings is 2. The maximum Gasteiger partial charge on any atom is 0.257 e. The van der Waals surface area contributed by atoms with Gasteiger partial charge in [-0.15, -0.1) is 0 Å². The van der Waals surface area contributed by atoms with Crippen LogP contribution in [-0.4, -0.2) is 25.6 Å². The Labute approximate surface area is 157 Å². The second kappa shape index (κ2) is 7.55. The number of thiazole rings is 1. The van der Waals surface area contributed by atoms with E-state index < -0.39 is 9.84 Å². The predicted molar refractivity (Wildman–Crippen MR) is 106 cm³/mol. The largest absolute Gasteiger partial charge is 0.298 e. The molecule has 0 fully saturated rings. The van der Waals surface area contributed by atoms with E-state index in [4.69, 9.17) is 0 Å². The zero-order chi connectivity index (χ0) is 18.7. The van der Waals surface area contributed by atoms with Crippen LogP contribution in [0.15, 0.2) is 47.4 Å². The summed E-state index contributed by atoms with van der Waals surface area (Å²) in [5, 5.41) is 3.26. The molecule has 0 aliphatic carbocycles. The summed E-state index contributed by atoms with van der Waals surface area (Å²) in [6.45, 7) is 2.16. The van der Waals surface area contributed by atoms with E-state index in [2.05, 4.69) is 29.4 Å². The smallest absolute Gasteiger partial charge is 0.257 e. The zero-order valence-corrected chi connectivity index (χ0v) is 16.3. The van der Waals surface area contributed by atoms with Crippen molar-refractivity contribution in [2.45, 2.75) is 31.1 Å². The second-order valence-corrected chi connectivity index (χ2v) is 9.23. The first-order valence-corrected chi connectivity index (χ1v) is 11.1. The summed E-state index contributed by atoms with van der Waals surface area (Å²) >= 11 is 1.42. The van der Waals surface area contributed by atoms with Crippen LogP contribution in [0, 0.1) is 0 Å². The Hall–Kier alpha value is -2.25. The van der Waals surface area contributed by atoms with Crippen LogP contribution in [0.3, 0.4) is 0 Å². The molecule has 0 bridgehead atoms. The summed E-state index contributed by atoms with van der Waals surface area (Å²) in [6, 6.07) is 12.1. The molecule has 26 heavy (non-hydrogen) atoms. The summed E-state index contributed by atoms with van der Waals surface area (Å²) in [5.74, 6) is -0.374. The first-order valence-electron chi connectivity index (χ1n) is 8.38. The van der Waals surface area contributed by atoms with Crippen molar-refractivity contribution in [3.05, 3.63) is 53.6 Å². The van der Waals surface area contributed by atoms with Crippen LogP contribution in [-0.2, 0) is 16.3 Å². The summed E-state index contributed by atoms with van der Waals surface area (Å²) < 4.78 is 24.3. The lowest BCUT2D eigenvalue weighted by Crippen LogP contribution is -2.12. The van der Waals surface area contributed by atoms with E-state index in [0.717, 1.165) is 35.7 Å². The lowest BCUT2D eigenvalue weighted by atomic mass is 10.1. The molecule has 0 radical (unpaired) electrons. The van der Waals surface area contributed by atoms with E-state index in [9.17, 15) is 13.2 Å². The summed E-state index contributed by atoms with van der Waals surface area (Å²) in [4.78, 5) is 17.0. The Kier molecular flexibility index (Phi) is 5.38. The van der Waals surface area contributed by atoms with Crippen molar-refractivity contribution in [1.29, 1.82) is 0 Å². The predicted octanol–water partition coefficient (Wildman–Crippen LogP) is 4.29. The average molecular weight is 389 g/mol. The van der Waals surface area contributed by atoms with Gasteiger partial charge in [0.05, 0.1) is 15.1 Å². The van der Waals surface area contributed by atoms with Gasteiger partial charge in [-0.2, -0.15) is 0 Å². The fraction of sp³-hybridized carbons (Fsp3) is 0.263. The Balaban J connectivity index is 1.81. The molecule has 1 N–H and O–H groups in total. The van der Waals surface area contributed by atoms with Crippen molar-refractivity contribution in [2.24, 2.45) is 0 Å². The number of carbonyl (C=O) groups is 1. The van der Waals surface area contributed by atoms with Crippen molar-refractivity contribution >= 4 is 42.4 Å². The quantitative estimate of drug-likeness (QED) is 0.683. The van der Waals surface area contributed by atoms with Gasteiger partial charge in [0, 0.05) is 11.8 Å². The molecule has 0 atom stereocenters. The topological polar surface area (TPSA) is 76.1 Å². The molecule has 5 nitrogen and oxygen atoms in total. The standard InChI is InChI=1S/C19H20N2O3S2/c1-3-4-6-13-9-10-16-17(11-13)25-19(20-16)21-18(22)14-7-5-8-15(12-14)26(2,23)24/h5,7-12H,3-4,6H2,1-2H3,(H,20,21,22). The van der Waals surface area contributed by atoms with Gasteiger partial charge in [0.15, 0.2) is 15.0 Å². The van der Waals surface area contributed by atoms with Crippen LogP contribution in [0.5, 0.6) is 0 Å². The average Bonchev–Trinajstić information content (AvgIpc) is 3.00. The number of anilines is 1. The van der Waals surface area contributed by atoms with Gasteiger partial charge in [0.1, 0.15) is 0 Å². The lowest BCUT2D eigenvalue weighted by molar-refractivity contribution is 0.102. The molecule has 0 spiro atoms. The van der Waals surface area contributed by atoms with Gasteiger partial charge in [-0.05, 0) is 48.7 Å². The molecular formula is C19H20N2O3S2. The van der Waals surface area contributed by atoms with Crippen molar-refractivity contribution in [3.8, 4) is 0 Å². The van der Waals surface area contributed by atoms with E-state index in [1.54, 1.807) is 12.1 Å². The van der Waals surface area contributed by atoms with E-state index in [1.807, 2.05) is 6.07 Å². The Morgan fingerprint density at radius 2 is 2.00 bits per heavy atom. The molecule has 1 heterocycles. The highest BCUT2D eigenvalue weighted by Gasteiger charge is 2.13. The van der Waals surface area contributed by atoms with Crippen LogP contribution in [0.2, 0.25) is 0 Å². The fourth-order valence-corrected chi connectivity index (χ4v) is 4.19. The molecule has 0 unspecified atom stereocenters. The number of fused-ring (bicyclic) bond motifs is 1. The van der Waals surface area contributed by atoms with Crippen LogP contribution < -0.4 is 5.32 Å². The van der Waals surface area contributed by atoms with Crippen LogP contribution >= 0.6 is 11.3 Å². The normalized spacial score (nSPS) is 11.6. The molecule has 0 saturated carbocycles. The number of carbonyl (C=O) groups excluding carboxylic acids is 1. The Bertz CT molecular complexity index is 1060. The minimum absolute atomic E-state index is 0.120. The number of nitrogens with zero attached hydrogens (tertiary/aromatic N) is 1. The number of sulfone groups is 1. The van der Waals surface area contributed by atoms with Crippen molar-refractivity contribution < 1.29 is 13.2 Å². The molecule has 3 rings (SSSR count). The molecule has 136 valence electrons. The summed E-state index contributed by atoms with van der Waals surface area (Å²) in [6.07, 6.45) is 4.44. The van der Waals surface area contributed by atoms with Gasteiger partial charge >= 0.3 is 0 Å². The number of hydrogen-bond acceptors (Lipinski definition) is 5. The van der Waals surface area contributed by atoms with E-state index >= 15 is 0 Å². The molecule has 2 aromatic carbocycles. The van der Waals surface area contributed by atoms with Crippen LogP contribution in [0.1, 0.15) is 35.7 Å². The third-order valence-corrected chi connectivity index (χ3v) is 6.06. The third kappa shape index (κ3) is 4.28. The van der Waals surface area contributed by atoms with Crippen molar-refractivity contribution in [2.75, 3.05) is 11.6 Å². The highest BCUT2D eigenvalue weighted by Crippen LogP contribution is 2.27. The van der Waals surface area contributed by atoms with Crippen molar-refractivity contribution in [3.63, 3.8) is 0 Å². The van der Waals surface area contributed by atoms with Crippen LogP contribution in [0.4, 0.5) is 5.13 Å². The number of unbranched alkanes of at least 4 members (excludes halogenated alkanes) is 1. The number of aryl methyl sites for hydroxylation is 1. The highest BCUT2D eigenvalue weighted by atomic mass is 32.2. The molecule has 0 aliphatic rings. The maximum atomic E-state index is 12.4. The lowest BCUT2D eigenvalue weighted by Gasteiger charge is -2.03. The van der Waals surface area contributed by atoms with Crippen molar-refractivity contribution in [1.82, 2.24) is 4.98 Å². The monoisotopic (exact) mass is 388 g/mol. The molecule has 0 aliphatic heterocycles. The molecule has 1 aromatic heterocycles. The molecule has 3 aromatic rings. The Morgan fingerprint density at radius 3 is 2.73 bits per heavy atom.